The lowest BCUT2D eigenvalue weighted by atomic mass is 9.86. The van der Waals surface area contributed by atoms with E-state index in [4.69, 9.17) is 38.7 Å². The van der Waals surface area contributed by atoms with Crippen LogP contribution in [0, 0.1) is 0 Å². The summed E-state index contributed by atoms with van der Waals surface area (Å²) in [4.78, 5) is 32.2. The Kier molecular flexibility index (Phi) is 6.66. The largest absolute Gasteiger partial charge is 0.378 e. The van der Waals surface area contributed by atoms with Crippen molar-refractivity contribution in [2.75, 3.05) is 11.9 Å². The van der Waals surface area contributed by atoms with E-state index < -0.39 is 5.54 Å². The van der Waals surface area contributed by atoms with Crippen LogP contribution in [0.4, 0.5) is 5.69 Å². The normalized spacial score (nSPS) is 25.5. The molecule has 3 N–H and O–H groups in total. The van der Waals surface area contributed by atoms with Crippen molar-refractivity contribution in [3.63, 3.8) is 0 Å². The molecule has 4 rings (SSSR count). The molecule has 0 bridgehead atoms. The van der Waals surface area contributed by atoms with E-state index in [9.17, 15) is 9.59 Å². The predicted molar refractivity (Wildman–Crippen MR) is 130 cm³/mol. The fraction of sp³-hybridized carbons (Fsp3) is 0.375. The van der Waals surface area contributed by atoms with Crippen molar-refractivity contribution in [3.8, 4) is 0 Å². The number of carbonyl (C=O) groups is 2. The number of halogens is 2. The Balaban J connectivity index is 1.60. The molecule has 2 aromatic rings. The van der Waals surface area contributed by atoms with Gasteiger partial charge in [-0.1, -0.05) is 35.3 Å². The zero-order chi connectivity index (χ0) is 23.8. The molecule has 7 nitrogen and oxygen atoms in total. The van der Waals surface area contributed by atoms with E-state index in [1.54, 1.807) is 47.4 Å². The molecule has 3 atom stereocenters. The van der Waals surface area contributed by atoms with Crippen molar-refractivity contribution in [2.24, 2.45) is 10.7 Å². The third-order valence-corrected chi connectivity index (χ3v) is 6.79. The first-order valence-electron chi connectivity index (χ1n) is 10.8. The Bertz CT molecular complexity index is 1110. The summed E-state index contributed by atoms with van der Waals surface area (Å²) < 4.78 is 5.60. The van der Waals surface area contributed by atoms with Gasteiger partial charge in [0.15, 0.2) is 5.96 Å². The number of benzene rings is 2. The molecule has 33 heavy (non-hydrogen) atoms. The van der Waals surface area contributed by atoms with E-state index in [0.29, 0.717) is 39.9 Å². The average Bonchev–Trinajstić information content (AvgIpc) is 2.75. The van der Waals surface area contributed by atoms with Gasteiger partial charge in [-0.25, -0.2) is 4.99 Å². The molecule has 2 heterocycles. The van der Waals surface area contributed by atoms with Gasteiger partial charge in [0.1, 0.15) is 0 Å². The summed E-state index contributed by atoms with van der Waals surface area (Å²) in [5.41, 5.74) is 6.85. The first-order valence-corrected chi connectivity index (χ1v) is 11.6. The van der Waals surface area contributed by atoms with Crippen molar-refractivity contribution in [2.45, 2.75) is 50.8 Å². The number of nitrogens with one attached hydrogen (secondary N) is 1. The molecule has 2 amide bonds. The van der Waals surface area contributed by atoms with E-state index in [0.717, 1.165) is 6.42 Å². The van der Waals surface area contributed by atoms with Gasteiger partial charge in [-0.05, 0) is 57.0 Å². The zero-order valence-electron chi connectivity index (χ0n) is 18.5. The Morgan fingerprint density at radius 3 is 2.64 bits per heavy atom. The Morgan fingerprint density at radius 1 is 1.24 bits per heavy atom. The van der Waals surface area contributed by atoms with Crippen molar-refractivity contribution in [1.82, 2.24) is 4.90 Å². The number of ether oxygens (including phenoxy) is 1. The van der Waals surface area contributed by atoms with Gasteiger partial charge in [0.2, 0.25) is 5.91 Å². The SMILES string of the molecule is C[C@@H]1C[C@H](N2C(=O)C[C@@](C)(c3cccc(NC(=O)c4ccc(Cl)cc4)c3Cl)N=C2N)CCO1. The summed E-state index contributed by atoms with van der Waals surface area (Å²) in [6, 6.07) is 11.8. The minimum absolute atomic E-state index is 0.0324. The van der Waals surface area contributed by atoms with Crippen LogP contribution in [0.2, 0.25) is 10.0 Å². The first kappa shape index (κ1) is 23.5. The number of aliphatic imine (C=N–C) groups is 1. The molecule has 0 spiro atoms. The Morgan fingerprint density at radius 2 is 1.97 bits per heavy atom. The lowest BCUT2D eigenvalue weighted by molar-refractivity contribution is -0.133. The third-order valence-electron chi connectivity index (χ3n) is 6.13. The van der Waals surface area contributed by atoms with Crippen LogP contribution in [0.1, 0.15) is 49.0 Å². The average molecular weight is 489 g/mol. The molecular formula is C24H26Cl2N4O3. The van der Waals surface area contributed by atoms with Gasteiger partial charge in [0.25, 0.3) is 5.91 Å². The number of anilines is 1. The standard InChI is InChI=1S/C24H26Cl2N4O3/c1-14-12-17(10-11-33-14)30-20(31)13-24(2,29-23(30)27)18-4-3-5-19(21(18)26)28-22(32)15-6-8-16(25)9-7-15/h3-9,14,17H,10-13H2,1-2H3,(H2,27,29)(H,28,32)/t14-,17-,24+/m1/s1. The van der Waals surface area contributed by atoms with Crippen LogP contribution in [-0.2, 0) is 15.1 Å². The van der Waals surface area contributed by atoms with Crippen molar-refractivity contribution in [3.05, 3.63) is 63.6 Å². The third kappa shape index (κ3) is 4.86. The van der Waals surface area contributed by atoms with Gasteiger partial charge < -0.3 is 15.8 Å². The number of guanidine groups is 1. The molecule has 0 radical (unpaired) electrons. The van der Waals surface area contributed by atoms with Crippen molar-refractivity contribution >= 4 is 46.7 Å². The maximum atomic E-state index is 13.2. The number of amides is 2. The van der Waals surface area contributed by atoms with Crippen LogP contribution >= 0.6 is 23.2 Å². The summed E-state index contributed by atoms with van der Waals surface area (Å²) in [6.45, 7) is 4.40. The van der Waals surface area contributed by atoms with Crippen LogP contribution < -0.4 is 11.1 Å². The first-order chi connectivity index (χ1) is 15.7. The highest BCUT2D eigenvalue weighted by Crippen LogP contribution is 2.41. The van der Waals surface area contributed by atoms with E-state index in [-0.39, 0.29) is 36.3 Å². The quantitative estimate of drug-likeness (QED) is 0.658. The Labute approximate surface area is 202 Å². The maximum absolute atomic E-state index is 13.2. The van der Waals surface area contributed by atoms with Crippen LogP contribution in [0.15, 0.2) is 47.5 Å². The molecule has 174 valence electrons. The Hall–Kier alpha value is -2.61. The molecule has 2 aromatic carbocycles. The van der Waals surface area contributed by atoms with Crippen molar-refractivity contribution in [1.29, 1.82) is 0 Å². The summed E-state index contributed by atoms with van der Waals surface area (Å²) in [6.07, 6.45) is 1.61. The maximum Gasteiger partial charge on any atom is 0.255 e. The minimum Gasteiger partial charge on any atom is -0.378 e. The summed E-state index contributed by atoms with van der Waals surface area (Å²) >= 11 is 12.6. The molecule has 0 aromatic heterocycles. The molecular weight excluding hydrogens is 463 g/mol. The van der Waals surface area contributed by atoms with Crippen LogP contribution in [0.5, 0.6) is 0 Å². The highest BCUT2D eigenvalue weighted by molar-refractivity contribution is 6.35. The highest BCUT2D eigenvalue weighted by Gasteiger charge is 2.42. The molecule has 2 aliphatic rings. The number of hydrogen-bond acceptors (Lipinski definition) is 5. The summed E-state index contributed by atoms with van der Waals surface area (Å²) in [5, 5.41) is 3.69. The number of nitrogens with two attached hydrogens (primary N) is 1. The summed E-state index contributed by atoms with van der Waals surface area (Å²) in [7, 11) is 0. The molecule has 0 saturated carbocycles. The summed E-state index contributed by atoms with van der Waals surface area (Å²) in [5.74, 6) is -0.242. The van der Waals surface area contributed by atoms with E-state index in [1.807, 2.05) is 13.8 Å². The molecule has 0 unspecified atom stereocenters. The predicted octanol–water partition coefficient (Wildman–Crippen LogP) is 4.58. The van der Waals surface area contributed by atoms with E-state index in [1.165, 1.54) is 0 Å². The van der Waals surface area contributed by atoms with Crippen molar-refractivity contribution < 1.29 is 14.3 Å². The minimum atomic E-state index is -0.952. The molecule has 0 aliphatic carbocycles. The molecule has 9 heteroatoms. The smallest absolute Gasteiger partial charge is 0.255 e. The second kappa shape index (κ2) is 9.33. The molecule has 1 fully saturated rings. The van der Waals surface area contributed by atoms with Crippen LogP contribution in [0.25, 0.3) is 0 Å². The van der Waals surface area contributed by atoms with Gasteiger partial charge in [-0.2, -0.15) is 0 Å². The van der Waals surface area contributed by atoms with Crippen LogP contribution in [-0.4, -0.2) is 41.4 Å². The number of rotatable bonds is 4. The fourth-order valence-corrected chi connectivity index (χ4v) is 4.95. The van der Waals surface area contributed by atoms with E-state index in [2.05, 4.69) is 5.32 Å². The van der Waals surface area contributed by atoms with Gasteiger partial charge in [-0.3, -0.25) is 14.5 Å². The lowest BCUT2D eigenvalue weighted by Crippen LogP contribution is -2.56. The highest BCUT2D eigenvalue weighted by atomic mass is 35.5. The second-order valence-electron chi connectivity index (χ2n) is 8.67. The number of carbonyl (C=O) groups excluding carboxylic acids is 2. The second-order valence-corrected chi connectivity index (χ2v) is 9.49. The molecule has 2 aliphatic heterocycles. The monoisotopic (exact) mass is 488 g/mol. The fourth-order valence-electron chi connectivity index (χ4n) is 4.45. The van der Waals surface area contributed by atoms with Crippen LogP contribution in [0.3, 0.4) is 0 Å². The van der Waals surface area contributed by atoms with Gasteiger partial charge in [-0.15, -0.1) is 0 Å². The zero-order valence-corrected chi connectivity index (χ0v) is 20.0. The number of hydrogen-bond donors (Lipinski definition) is 2. The topological polar surface area (TPSA) is 97.0 Å². The van der Waals surface area contributed by atoms with Gasteiger partial charge >= 0.3 is 0 Å². The lowest BCUT2D eigenvalue weighted by Gasteiger charge is -2.41. The van der Waals surface area contributed by atoms with Gasteiger partial charge in [0.05, 0.1) is 28.8 Å². The van der Waals surface area contributed by atoms with E-state index >= 15 is 0 Å². The molecule has 1 saturated heterocycles. The number of nitrogens with zero attached hydrogens (tertiary/aromatic N) is 2. The van der Waals surface area contributed by atoms with Gasteiger partial charge in [0, 0.05) is 28.8 Å².